The van der Waals surface area contributed by atoms with E-state index in [1.54, 1.807) is 23.1 Å². The van der Waals surface area contributed by atoms with Crippen LogP contribution in [0, 0.1) is 5.82 Å². The van der Waals surface area contributed by atoms with E-state index in [-0.39, 0.29) is 35.0 Å². The molecule has 4 rings (SSSR count). The molecule has 0 saturated carbocycles. The fourth-order valence-corrected chi connectivity index (χ4v) is 7.74. The van der Waals surface area contributed by atoms with E-state index in [4.69, 9.17) is 23.2 Å². The molecule has 0 aliphatic carbocycles. The Morgan fingerprint density at radius 2 is 1.90 bits per heavy atom. The van der Waals surface area contributed by atoms with Crippen molar-refractivity contribution < 1.29 is 17.6 Å². The first-order valence-electron chi connectivity index (χ1n) is 8.69. The summed E-state index contributed by atoms with van der Waals surface area (Å²) in [5.74, 6) is -0.819. The van der Waals surface area contributed by atoms with Crippen molar-refractivity contribution in [2.24, 2.45) is 4.99 Å². The maximum atomic E-state index is 13.1. The molecule has 2 aliphatic rings. The lowest BCUT2D eigenvalue weighted by atomic mass is 10.1. The monoisotopic (exact) mass is 472 g/mol. The number of amidine groups is 1. The number of hydrogen-bond acceptors (Lipinski definition) is 4. The van der Waals surface area contributed by atoms with Crippen molar-refractivity contribution in [2.75, 3.05) is 16.4 Å². The third-order valence-corrected chi connectivity index (χ3v) is 8.49. The predicted octanol–water partition coefficient (Wildman–Crippen LogP) is 3.98. The van der Waals surface area contributed by atoms with Crippen LogP contribution in [-0.2, 0) is 21.1 Å². The standard InChI is InChI=1S/C19H15Cl2FN2O3S2/c20-12-3-6-14(21)15(8-12)24-16-9-29(26,27)10-17(16)28-19(24)23-18(25)7-11-1-4-13(22)5-2-11/h1-6,8,16-17H,7,9-10H2/t16-,17-/m1/s1. The summed E-state index contributed by atoms with van der Waals surface area (Å²) in [5.41, 5.74) is 1.16. The molecule has 5 nitrogen and oxygen atoms in total. The molecule has 2 aromatic rings. The number of anilines is 1. The summed E-state index contributed by atoms with van der Waals surface area (Å²) in [6.45, 7) is 0. The minimum atomic E-state index is -3.19. The molecule has 2 aromatic carbocycles. The van der Waals surface area contributed by atoms with Crippen molar-refractivity contribution in [3.05, 3.63) is 63.9 Å². The average molecular weight is 473 g/mol. The molecule has 0 unspecified atom stereocenters. The van der Waals surface area contributed by atoms with Gasteiger partial charge in [-0.15, -0.1) is 0 Å². The molecule has 2 heterocycles. The summed E-state index contributed by atoms with van der Waals surface area (Å²) in [6.07, 6.45) is 0.00902. The zero-order chi connectivity index (χ0) is 20.8. The second-order valence-corrected chi connectivity index (χ2v) is 11.1. The highest BCUT2D eigenvalue weighted by Gasteiger charge is 2.49. The number of carbonyl (C=O) groups is 1. The van der Waals surface area contributed by atoms with Crippen LogP contribution in [0.4, 0.5) is 10.1 Å². The van der Waals surface area contributed by atoms with E-state index in [0.29, 0.717) is 26.5 Å². The Bertz CT molecular complexity index is 1110. The van der Waals surface area contributed by atoms with Gasteiger partial charge < -0.3 is 4.90 Å². The van der Waals surface area contributed by atoms with Gasteiger partial charge in [0.1, 0.15) is 5.82 Å². The molecule has 0 radical (unpaired) electrons. The van der Waals surface area contributed by atoms with Crippen molar-refractivity contribution in [1.82, 2.24) is 0 Å². The van der Waals surface area contributed by atoms with Gasteiger partial charge in [-0.2, -0.15) is 4.99 Å². The summed E-state index contributed by atoms with van der Waals surface area (Å²) >= 11 is 13.7. The van der Waals surface area contributed by atoms with E-state index in [0.717, 1.165) is 0 Å². The highest BCUT2D eigenvalue weighted by molar-refractivity contribution is 8.16. The Balaban J connectivity index is 1.67. The minimum absolute atomic E-state index is 0.00902. The number of rotatable bonds is 3. The lowest BCUT2D eigenvalue weighted by Gasteiger charge is -2.25. The molecule has 10 heteroatoms. The number of amides is 1. The van der Waals surface area contributed by atoms with E-state index in [1.807, 2.05) is 0 Å². The molecule has 2 fully saturated rings. The molecule has 0 bridgehead atoms. The second-order valence-electron chi connectivity index (χ2n) is 6.86. The zero-order valence-electron chi connectivity index (χ0n) is 14.9. The highest BCUT2D eigenvalue weighted by Crippen LogP contribution is 2.43. The molecule has 0 spiro atoms. The average Bonchev–Trinajstić information content (AvgIpc) is 3.10. The van der Waals surface area contributed by atoms with Gasteiger partial charge in [0.15, 0.2) is 15.0 Å². The fraction of sp³-hybridized carbons (Fsp3) is 0.263. The number of benzene rings is 2. The number of thioether (sulfide) groups is 1. The molecule has 29 heavy (non-hydrogen) atoms. The molecule has 152 valence electrons. The van der Waals surface area contributed by atoms with Gasteiger partial charge in [-0.25, -0.2) is 12.8 Å². The Morgan fingerprint density at radius 1 is 1.17 bits per heavy atom. The number of fused-ring (bicyclic) bond motifs is 1. The second kappa shape index (κ2) is 7.91. The molecule has 2 atom stereocenters. The summed E-state index contributed by atoms with van der Waals surface area (Å²) in [7, 11) is -3.19. The van der Waals surface area contributed by atoms with Crippen LogP contribution in [-0.4, -0.2) is 42.3 Å². The van der Waals surface area contributed by atoms with Crippen molar-refractivity contribution in [3.8, 4) is 0 Å². The van der Waals surface area contributed by atoms with Gasteiger partial charge in [-0.3, -0.25) is 4.79 Å². The van der Waals surface area contributed by atoms with E-state index in [2.05, 4.69) is 4.99 Å². The van der Waals surface area contributed by atoms with Crippen LogP contribution < -0.4 is 4.90 Å². The first kappa shape index (κ1) is 20.7. The third-order valence-electron chi connectivity index (χ3n) is 4.72. The smallest absolute Gasteiger partial charge is 0.252 e. The van der Waals surface area contributed by atoms with Crippen LogP contribution in [0.1, 0.15) is 5.56 Å². The van der Waals surface area contributed by atoms with Crippen LogP contribution in [0.2, 0.25) is 10.0 Å². The normalized spacial score (nSPS) is 24.1. The van der Waals surface area contributed by atoms with E-state index < -0.39 is 15.7 Å². The van der Waals surface area contributed by atoms with Gasteiger partial charge in [0.25, 0.3) is 5.91 Å². The molecule has 2 aliphatic heterocycles. The Morgan fingerprint density at radius 3 is 2.62 bits per heavy atom. The zero-order valence-corrected chi connectivity index (χ0v) is 18.0. The number of halogens is 3. The predicted molar refractivity (Wildman–Crippen MR) is 115 cm³/mol. The first-order valence-corrected chi connectivity index (χ1v) is 12.1. The molecule has 0 N–H and O–H groups in total. The van der Waals surface area contributed by atoms with E-state index in [9.17, 15) is 17.6 Å². The van der Waals surface area contributed by atoms with E-state index >= 15 is 0 Å². The fourth-order valence-electron chi connectivity index (χ4n) is 3.44. The summed E-state index contributed by atoms with van der Waals surface area (Å²) in [5, 5.41) is 0.980. The summed E-state index contributed by atoms with van der Waals surface area (Å²) < 4.78 is 37.3. The maximum Gasteiger partial charge on any atom is 0.252 e. The molecular formula is C19H15Cl2FN2O3S2. The van der Waals surface area contributed by atoms with Crippen LogP contribution in [0.5, 0.6) is 0 Å². The Labute approximate surface area is 181 Å². The first-order chi connectivity index (χ1) is 13.7. The maximum absolute atomic E-state index is 13.1. The quantitative estimate of drug-likeness (QED) is 0.675. The lowest BCUT2D eigenvalue weighted by Crippen LogP contribution is -2.38. The Kier molecular flexibility index (Phi) is 5.63. The molecule has 0 aromatic heterocycles. The van der Waals surface area contributed by atoms with Gasteiger partial charge in [-0.05, 0) is 35.9 Å². The van der Waals surface area contributed by atoms with Crippen molar-refractivity contribution >= 4 is 61.6 Å². The van der Waals surface area contributed by atoms with Crippen LogP contribution in [0.25, 0.3) is 0 Å². The number of nitrogens with zero attached hydrogens (tertiary/aromatic N) is 2. The van der Waals surface area contributed by atoms with E-state index in [1.165, 1.54) is 36.0 Å². The summed E-state index contributed by atoms with van der Waals surface area (Å²) in [6, 6.07) is 10.1. The Hall–Kier alpha value is -1.61. The summed E-state index contributed by atoms with van der Waals surface area (Å²) in [4.78, 5) is 18.5. The van der Waals surface area contributed by atoms with Crippen LogP contribution in [0.3, 0.4) is 0 Å². The highest BCUT2D eigenvalue weighted by atomic mass is 35.5. The van der Waals surface area contributed by atoms with Crippen molar-refractivity contribution in [2.45, 2.75) is 17.7 Å². The SMILES string of the molecule is O=C(Cc1ccc(F)cc1)N=C1S[C@@H]2CS(=O)(=O)C[C@H]2N1c1cc(Cl)ccc1Cl. The van der Waals surface area contributed by atoms with Crippen LogP contribution in [0.15, 0.2) is 47.5 Å². The van der Waals surface area contributed by atoms with Gasteiger partial charge in [0.05, 0.1) is 34.7 Å². The molecule has 2 saturated heterocycles. The number of hydrogen-bond donors (Lipinski definition) is 0. The van der Waals surface area contributed by atoms with Gasteiger partial charge >= 0.3 is 0 Å². The molecular weight excluding hydrogens is 458 g/mol. The largest absolute Gasteiger partial charge is 0.314 e. The lowest BCUT2D eigenvalue weighted by molar-refractivity contribution is -0.117. The topological polar surface area (TPSA) is 66.8 Å². The van der Waals surface area contributed by atoms with Crippen molar-refractivity contribution in [3.63, 3.8) is 0 Å². The van der Waals surface area contributed by atoms with Gasteiger partial charge in [0, 0.05) is 10.3 Å². The number of carbonyl (C=O) groups excluding carboxylic acids is 1. The minimum Gasteiger partial charge on any atom is -0.314 e. The van der Waals surface area contributed by atoms with Gasteiger partial charge in [-0.1, -0.05) is 47.1 Å². The number of aliphatic imine (C=N–C) groups is 1. The third kappa shape index (κ3) is 4.45. The van der Waals surface area contributed by atoms with Gasteiger partial charge in [0.2, 0.25) is 0 Å². The van der Waals surface area contributed by atoms with Crippen molar-refractivity contribution in [1.29, 1.82) is 0 Å². The number of sulfone groups is 1. The molecule has 1 amide bonds. The van der Waals surface area contributed by atoms with Crippen LogP contribution >= 0.6 is 35.0 Å².